The predicted octanol–water partition coefficient (Wildman–Crippen LogP) is 3.01. The fourth-order valence-corrected chi connectivity index (χ4v) is 2.25. The van der Waals surface area contributed by atoms with Crippen molar-refractivity contribution in [2.45, 2.75) is 27.7 Å². The normalized spacial score (nSPS) is 10.7. The molecule has 0 aliphatic rings. The number of ketones is 1. The fraction of sp³-hybridized carbons (Fsp3) is 0.267. The van der Waals surface area contributed by atoms with Gasteiger partial charge in [-0.2, -0.15) is 0 Å². The first-order valence-corrected chi connectivity index (χ1v) is 6.57. The molecule has 0 amide bonds. The summed E-state index contributed by atoms with van der Waals surface area (Å²) in [6, 6.07) is 3.47. The van der Waals surface area contributed by atoms with Crippen molar-refractivity contribution in [3.63, 3.8) is 0 Å². The second kappa shape index (κ2) is 5.21. The summed E-state index contributed by atoms with van der Waals surface area (Å²) in [4.78, 5) is 27.9. The zero-order valence-corrected chi connectivity index (χ0v) is 12.6. The number of rotatable bonds is 2. The minimum atomic E-state index is -0.284. The van der Waals surface area contributed by atoms with E-state index in [1.165, 1.54) is 11.5 Å². The summed E-state index contributed by atoms with van der Waals surface area (Å²) in [5, 5.41) is 0.191. The molecule has 2 aromatic heterocycles. The summed E-state index contributed by atoms with van der Waals surface area (Å²) in [6.07, 6.45) is 1.59. The number of carbonyl (C=O) groups excluding carboxylic acids is 1. The van der Waals surface area contributed by atoms with Gasteiger partial charge in [0.05, 0.1) is 5.69 Å². The van der Waals surface area contributed by atoms with Crippen molar-refractivity contribution in [2.75, 3.05) is 0 Å². The lowest BCUT2D eigenvalue weighted by atomic mass is 10.1. The van der Waals surface area contributed by atoms with Crippen LogP contribution < -0.4 is 5.56 Å². The molecule has 5 heteroatoms. The van der Waals surface area contributed by atoms with E-state index in [9.17, 15) is 9.59 Å². The van der Waals surface area contributed by atoms with E-state index in [2.05, 4.69) is 4.98 Å². The number of hydrogen-bond donors (Lipinski definition) is 0. The fourth-order valence-electron chi connectivity index (χ4n) is 2.11. The number of aryl methyl sites for hydroxylation is 3. The van der Waals surface area contributed by atoms with Gasteiger partial charge in [0.15, 0.2) is 5.78 Å². The van der Waals surface area contributed by atoms with E-state index >= 15 is 0 Å². The first kappa shape index (κ1) is 14.5. The standard InChI is InChI=1S/C15H15ClN2O2/c1-8-5-10(3)18(15(20)14(8)16)13-6-12(11(4)19)17-7-9(13)2/h5-7H,1-4H3. The Kier molecular flexibility index (Phi) is 3.77. The molecular formula is C15H15ClN2O2. The molecule has 20 heavy (non-hydrogen) atoms. The molecule has 0 atom stereocenters. The molecule has 104 valence electrons. The molecule has 0 N–H and O–H groups in total. The maximum Gasteiger partial charge on any atom is 0.274 e. The lowest BCUT2D eigenvalue weighted by Crippen LogP contribution is -2.23. The number of nitrogens with zero attached hydrogens (tertiary/aromatic N) is 2. The third-order valence-electron chi connectivity index (χ3n) is 3.19. The SMILES string of the molecule is CC(=O)c1cc(-n2c(C)cc(C)c(Cl)c2=O)c(C)cn1. The van der Waals surface area contributed by atoms with Crippen LogP contribution >= 0.6 is 11.6 Å². The van der Waals surface area contributed by atoms with E-state index in [0.29, 0.717) is 11.4 Å². The summed E-state index contributed by atoms with van der Waals surface area (Å²) in [7, 11) is 0. The molecule has 0 unspecified atom stereocenters. The van der Waals surface area contributed by atoms with Crippen LogP contribution in [-0.2, 0) is 0 Å². The zero-order valence-electron chi connectivity index (χ0n) is 11.8. The van der Waals surface area contributed by atoms with Crippen LogP contribution in [0, 0.1) is 20.8 Å². The summed E-state index contributed by atoms with van der Waals surface area (Å²) in [5.74, 6) is -0.143. The van der Waals surface area contributed by atoms with Gasteiger partial charge in [0.25, 0.3) is 5.56 Å². The van der Waals surface area contributed by atoms with Gasteiger partial charge in [-0.25, -0.2) is 0 Å². The molecule has 0 bridgehead atoms. The topological polar surface area (TPSA) is 52.0 Å². The first-order chi connectivity index (χ1) is 9.32. The molecule has 0 aromatic carbocycles. The monoisotopic (exact) mass is 290 g/mol. The van der Waals surface area contributed by atoms with Crippen LogP contribution in [0.15, 0.2) is 23.1 Å². The molecule has 2 rings (SSSR count). The van der Waals surface area contributed by atoms with E-state index < -0.39 is 0 Å². The van der Waals surface area contributed by atoms with E-state index in [1.807, 2.05) is 19.9 Å². The molecule has 0 spiro atoms. The Morgan fingerprint density at radius 3 is 2.45 bits per heavy atom. The van der Waals surface area contributed by atoms with E-state index in [0.717, 1.165) is 16.8 Å². The van der Waals surface area contributed by atoms with Crippen molar-refractivity contribution in [3.05, 3.63) is 56.2 Å². The van der Waals surface area contributed by atoms with Gasteiger partial charge in [0.1, 0.15) is 10.7 Å². The Hall–Kier alpha value is -1.94. The Balaban J connectivity index is 2.81. The average Bonchev–Trinajstić information content (AvgIpc) is 2.38. The van der Waals surface area contributed by atoms with Crippen LogP contribution in [-0.4, -0.2) is 15.3 Å². The molecule has 0 aliphatic heterocycles. The number of hydrogen-bond acceptors (Lipinski definition) is 3. The highest BCUT2D eigenvalue weighted by atomic mass is 35.5. The Labute approximate surface area is 122 Å². The van der Waals surface area contributed by atoms with Gasteiger partial charge < -0.3 is 0 Å². The third-order valence-corrected chi connectivity index (χ3v) is 3.65. The number of carbonyl (C=O) groups is 1. The van der Waals surface area contributed by atoms with Crippen molar-refractivity contribution in [1.29, 1.82) is 0 Å². The highest BCUT2D eigenvalue weighted by Crippen LogP contribution is 2.18. The second-order valence-corrected chi connectivity index (χ2v) is 5.21. The zero-order chi connectivity index (χ0) is 15.0. The number of halogens is 1. The van der Waals surface area contributed by atoms with Gasteiger partial charge in [0, 0.05) is 18.8 Å². The summed E-state index contributed by atoms with van der Waals surface area (Å²) >= 11 is 6.04. The van der Waals surface area contributed by atoms with Crippen molar-refractivity contribution < 1.29 is 4.79 Å². The summed E-state index contributed by atoms with van der Waals surface area (Å²) < 4.78 is 1.51. The molecule has 0 fully saturated rings. The molecule has 0 radical (unpaired) electrons. The molecular weight excluding hydrogens is 276 g/mol. The minimum absolute atomic E-state index is 0.143. The van der Waals surface area contributed by atoms with Crippen LogP contribution in [0.5, 0.6) is 0 Å². The minimum Gasteiger partial charge on any atom is -0.293 e. The largest absolute Gasteiger partial charge is 0.293 e. The third kappa shape index (κ3) is 2.39. The van der Waals surface area contributed by atoms with Crippen LogP contribution in [0.3, 0.4) is 0 Å². The number of Topliss-reactive ketones (excluding diaryl/α,β-unsaturated/α-hetero) is 1. The Morgan fingerprint density at radius 2 is 1.85 bits per heavy atom. The van der Waals surface area contributed by atoms with E-state index in [1.54, 1.807) is 19.2 Å². The van der Waals surface area contributed by atoms with Crippen LogP contribution in [0.2, 0.25) is 5.02 Å². The van der Waals surface area contributed by atoms with Crippen LogP contribution in [0.4, 0.5) is 0 Å². The van der Waals surface area contributed by atoms with Gasteiger partial charge >= 0.3 is 0 Å². The highest BCUT2D eigenvalue weighted by Gasteiger charge is 2.13. The average molecular weight is 291 g/mol. The highest BCUT2D eigenvalue weighted by molar-refractivity contribution is 6.31. The van der Waals surface area contributed by atoms with Crippen molar-refractivity contribution in [2.24, 2.45) is 0 Å². The lowest BCUT2D eigenvalue weighted by molar-refractivity contribution is 0.101. The van der Waals surface area contributed by atoms with Gasteiger partial charge in [-0.1, -0.05) is 11.6 Å². The molecule has 2 aromatic rings. The first-order valence-electron chi connectivity index (χ1n) is 6.19. The smallest absolute Gasteiger partial charge is 0.274 e. The molecule has 4 nitrogen and oxygen atoms in total. The van der Waals surface area contributed by atoms with E-state index in [4.69, 9.17) is 11.6 Å². The van der Waals surface area contributed by atoms with E-state index in [-0.39, 0.29) is 16.4 Å². The number of aromatic nitrogens is 2. The van der Waals surface area contributed by atoms with Crippen LogP contribution in [0.1, 0.15) is 34.2 Å². The van der Waals surface area contributed by atoms with Crippen molar-refractivity contribution in [1.82, 2.24) is 9.55 Å². The quantitative estimate of drug-likeness (QED) is 0.799. The van der Waals surface area contributed by atoms with Gasteiger partial charge in [-0.3, -0.25) is 19.1 Å². The van der Waals surface area contributed by atoms with Gasteiger partial charge in [0.2, 0.25) is 0 Å². The summed E-state index contributed by atoms with van der Waals surface area (Å²) in [6.45, 7) is 6.91. The molecule has 0 aliphatic carbocycles. The van der Waals surface area contributed by atoms with Crippen LogP contribution in [0.25, 0.3) is 5.69 Å². The molecule has 0 saturated heterocycles. The number of pyridine rings is 2. The van der Waals surface area contributed by atoms with Gasteiger partial charge in [-0.05, 0) is 44.0 Å². The maximum absolute atomic E-state index is 12.4. The van der Waals surface area contributed by atoms with Crippen molar-refractivity contribution in [3.8, 4) is 5.69 Å². The maximum atomic E-state index is 12.4. The summed E-state index contributed by atoms with van der Waals surface area (Å²) in [5.41, 5.74) is 2.99. The molecule has 0 saturated carbocycles. The van der Waals surface area contributed by atoms with Crippen molar-refractivity contribution >= 4 is 17.4 Å². The lowest BCUT2D eigenvalue weighted by Gasteiger charge is -2.14. The predicted molar refractivity (Wildman–Crippen MR) is 79.1 cm³/mol. The second-order valence-electron chi connectivity index (χ2n) is 4.84. The Bertz CT molecular complexity index is 763. The Morgan fingerprint density at radius 1 is 1.20 bits per heavy atom. The molecule has 2 heterocycles. The van der Waals surface area contributed by atoms with Gasteiger partial charge in [-0.15, -0.1) is 0 Å².